The minimum Gasteiger partial charge on any atom is -0.456 e. The molecule has 0 radical (unpaired) electrons. The van der Waals surface area contributed by atoms with Crippen LogP contribution >= 0.6 is 0 Å². The van der Waals surface area contributed by atoms with Gasteiger partial charge in [0.05, 0.1) is 18.5 Å². The average Bonchev–Trinajstić information content (AvgIpc) is 3.93. The van der Waals surface area contributed by atoms with Crippen molar-refractivity contribution in [3.8, 4) is 33.4 Å². The second-order valence-electron chi connectivity index (χ2n) is 18.7. The lowest BCUT2D eigenvalue weighted by Gasteiger charge is -2.39. The van der Waals surface area contributed by atoms with Gasteiger partial charge in [-0.3, -0.25) is 16.0 Å². The summed E-state index contributed by atoms with van der Waals surface area (Å²) < 4.78 is 6.89. The van der Waals surface area contributed by atoms with Crippen LogP contribution in [0.25, 0.3) is 55.3 Å². The van der Waals surface area contributed by atoms with Crippen molar-refractivity contribution in [2.75, 3.05) is 0 Å². The zero-order valence-electron chi connectivity index (χ0n) is 34.6. The van der Waals surface area contributed by atoms with Crippen molar-refractivity contribution in [2.45, 2.75) is 93.5 Å². The number of furan rings is 1. The average molecular weight is 794 g/mol. The summed E-state index contributed by atoms with van der Waals surface area (Å²) in [6, 6.07) is 57.0. The van der Waals surface area contributed by atoms with E-state index in [2.05, 4.69) is 168 Å². The molecule has 5 aliphatic rings. The van der Waals surface area contributed by atoms with Crippen molar-refractivity contribution < 1.29 is 4.42 Å². The largest absolute Gasteiger partial charge is 0.456 e. The van der Waals surface area contributed by atoms with Gasteiger partial charge in [-0.25, -0.2) is 0 Å². The van der Waals surface area contributed by atoms with E-state index >= 15 is 0 Å². The highest BCUT2D eigenvalue weighted by Crippen LogP contribution is 2.63. The van der Waals surface area contributed by atoms with Gasteiger partial charge in [0.15, 0.2) is 0 Å². The van der Waals surface area contributed by atoms with Crippen LogP contribution in [0.3, 0.4) is 0 Å². The molecule has 0 amide bonds. The highest BCUT2D eigenvalue weighted by molar-refractivity contribution is 6.08. The molecule has 2 saturated carbocycles. The van der Waals surface area contributed by atoms with Gasteiger partial charge in [-0.05, 0) is 117 Å². The lowest BCUT2D eigenvalue weighted by Crippen LogP contribution is -2.54. The summed E-state index contributed by atoms with van der Waals surface area (Å²) >= 11 is 0. The molecule has 1 aliphatic heterocycles. The van der Waals surface area contributed by atoms with Crippen LogP contribution in [0.5, 0.6) is 0 Å². The molecule has 8 aromatic rings. The second kappa shape index (κ2) is 13.9. The zero-order valence-corrected chi connectivity index (χ0v) is 34.6. The van der Waals surface area contributed by atoms with Gasteiger partial charge in [0.1, 0.15) is 11.2 Å². The molecule has 1 aromatic heterocycles. The molecule has 0 bridgehead atoms. The Balaban J connectivity index is 0.950. The van der Waals surface area contributed by atoms with Crippen LogP contribution in [0.2, 0.25) is 0 Å². The van der Waals surface area contributed by atoms with E-state index in [0.717, 1.165) is 27.5 Å². The third kappa shape index (κ3) is 5.35. The minimum absolute atomic E-state index is 0.0530. The molecule has 2 atom stereocenters. The molecule has 300 valence electrons. The van der Waals surface area contributed by atoms with E-state index in [0.29, 0.717) is 0 Å². The molecule has 2 heterocycles. The summed E-state index contributed by atoms with van der Waals surface area (Å²) in [4.78, 5) is 0. The number of fused-ring (bicyclic) bond motifs is 13. The SMILES string of the molecule is c1ccc(C2NC(c3ccccc3)NC(c3cccc4c3oc3ccc(-c5cccc6c5-c5cc7c(cc5C65CCCCC5)-c5ccccc5C75CCCCC5)cc34)N2)cc1. The van der Waals surface area contributed by atoms with Crippen molar-refractivity contribution in [1.29, 1.82) is 0 Å². The summed E-state index contributed by atoms with van der Waals surface area (Å²) in [7, 11) is 0. The van der Waals surface area contributed by atoms with Crippen LogP contribution in [0, 0.1) is 0 Å². The lowest BCUT2D eigenvalue weighted by molar-refractivity contribution is 0.203. The number of hydrogen-bond acceptors (Lipinski definition) is 4. The standard InChI is InChI=1S/C57H51N3O/c1-5-17-36(18-6-1)53-58-54(37-19-7-2-8-20-37)60-55(59-53)42-24-15-23-41-44-33-38(27-28-50(44)61-52(41)42)39-22-16-26-47-51(39)45-35-48-43(34-49(45)57(47)31-13-4-14-32-57)40-21-9-10-25-46(40)56(48)29-11-3-12-30-56/h1-2,5-10,15-28,33-35,53-55,58-60H,3-4,11-14,29-32H2. The second-order valence-corrected chi connectivity index (χ2v) is 18.7. The molecule has 13 rings (SSSR count). The van der Waals surface area contributed by atoms with Crippen molar-refractivity contribution in [3.05, 3.63) is 191 Å². The van der Waals surface area contributed by atoms with E-state index in [1.807, 2.05) is 0 Å². The lowest BCUT2D eigenvalue weighted by atomic mass is 9.66. The predicted molar refractivity (Wildman–Crippen MR) is 248 cm³/mol. The van der Waals surface area contributed by atoms with Gasteiger partial charge < -0.3 is 4.42 Å². The maximum Gasteiger partial charge on any atom is 0.141 e. The van der Waals surface area contributed by atoms with Gasteiger partial charge in [-0.2, -0.15) is 0 Å². The fraction of sp³-hybridized carbons (Fsp3) is 0.263. The van der Waals surface area contributed by atoms with E-state index < -0.39 is 0 Å². The van der Waals surface area contributed by atoms with Gasteiger partial charge in [0.25, 0.3) is 0 Å². The third-order valence-corrected chi connectivity index (χ3v) is 15.6. The topological polar surface area (TPSA) is 49.2 Å². The zero-order chi connectivity index (χ0) is 40.1. The molecule has 4 nitrogen and oxygen atoms in total. The van der Waals surface area contributed by atoms with Gasteiger partial charge in [0.2, 0.25) is 0 Å². The Hall–Kier alpha value is -5.78. The Morgan fingerprint density at radius 1 is 0.410 bits per heavy atom. The van der Waals surface area contributed by atoms with Crippen LogP contribution in [-0.2, 0) is 10.8 Å². The van der Waals surface area contributed by atoms with E-state index in [9.17, 15) is 0 Å². The first-order valence-corrected chi connectivity index (χ1v) is 23.0. The van der Waals surface area contributed by atoms with E-state index in [-0.39, 0.29) is 29.3 Å². The Morgan fingerprint density at radius 2 is 0.984 bits per heavy atom. The maximum atomic E-state index is 6.89. The molecular formula is C57H51N3O. The quantitative estimate of drug-likeness (QED) is 0.166. The van der Waals surface area contributed by atoms with Crippen molar-refractivity contribution >= 4 is 21.9 Å². The van der Waals surface area contributed by atoms with Crippen LogP contribution in [0.1, 0.15) is 122 Å². The van der Waals surface area contributed by atoms with E-state index in [1.165, 1.54) is 109 Å². The molecule has 2 spiro atoms. The summed E-state index contributed by atoms with van der Waals surface area (Å²) in [5, 5.41) is 13.9. The van der Waals surface area contributed by atoms with E-state index in [4.69, 9.17) is 4.42 Å². The molecule has 3 fully saturated rings. The Morgan fingerprint density at radius 3 is 1.70 bits per heavy atom. The molecule has 4 aliphatic carbocycles. The highest BCUT2D eigenvalue weighted by Gasteiger charge is 2.49. The Labute approximate surface area is 358 Å². The van der Waals surface area contributed by atoms with Crippen molar-refractivity contribution in [2.24, 2.45) is 0 Å². The van der Waals surface area contributed by atoms with Gasteiger partial charge >= 0.3 is 0 Å². The molecule has 61 heavy (non-hydrogen) atoms. The first-order chi connectivity index (χ1) is 30.2. The number of benzene rings is 7. The molecule has 3 N–H and O–H groups in total. The third-order valence-electron chi connectivity index (χ3n) is 15.6. The van der Waals surface area contributed by atoms with Crippen LogP contribution in [-0.4, -0.2) is 0 Å². The normalized spacial score (nSPS) is 22.0. The van der Waals surface area contributed by atoms with Crippen LogP contribution in [0.4, 0.5) is 0 Å². The fourth-order valence-corrected chi connectivity index (χ4v) is 12.8. The summed E-state index contributed by atoms with van der Waals surface area (Å²) in [5.41, 5.74) is 20.4. The number of rotatable bonds is 4. The van der Waals surface area contributed by atoms with Crippen LogP contribution in [0.15, 0.2) is 156 Å². The number of nitrogens with one attached hydrogen (secondary N) is 3. The smallest absolute Gasteiger partial charge is 0.141 e. The molecule has 4 heteroatoms. The highest BCUT2D eigenvalue weighted by atomic mass is 16.3. The first-order valence-electron chi connectivity index (χ1n) is 23.0. The monoisotopic (exact) mass is 793 g/mol. The molecule has 2 unspecified atom stereocenters. The maximum absolute atomic E-state index is 6.89. The first kappa shape index (κ1) is 35.9. The summed E-state index contributed by atoms with van der Waals surface area (Å²) in [6.07, 6.45) is 12.6. The fourth-order valence-electron chi connectivity index (χ4n) is 12.8. The van der Waals surface area contributed by atoms with Gasteiger partial charge in [-0.15, -0.1) is 0 Å². The molecule has 1 saturated heterocycles. The minimum atomic E-state index is -0.152. The number of para-hydroxylation sites is 1. The Kier molecular flexibility index (Phi) is 8.17. The molecular weight excluding hydrogens is 743 g/mol. The van der Waals surface area contributed by atoms with Gasteiger partial charge in [-0.1, -0.05) is 166 Å². The van der Waals surface area contributed by atoms with Gasteiger partial charge in [0, 0.05) is 27.2 Å². The van der Waals surface area contributed by atoms with Crippen molar-refractivity contribution in [1.82, 2.24) is 16.0 Å². The van der Waals surface area contributed by atoms with Crippen LogP contribution < -0.4 is 16.0 Å². The summed E-state index contributed by atoms with van der Waals surface area (Å²) in [5.74, 6) is 0. The summed E-state index contributed by atoms with van der Waals surface area (Å²) in [6.45, 7) is 0. The predicted octanol–water partition coefficient (Wildman–Crippen LogP) is 13.9. The number of hydrogen-bond donors (Lipinski definition) is 3. The van der Waals surface area contributed by atoms with E-state index in [1.54, 1.807) is 22.3 Å². The Bertz CT molecular complexity index is 2940. The van der Waals surface area contributed by atoms with Crippen molar-refractivity contribution in [3.63, 3.8) is 0 Å². The molecule has 7 aromatic carbocycles.